The summed E-state index contributed by atoms with van der Waals surface area (Å²) < 4.78 is 0. The van der Waals surface area contributed by atoms with Gasteiger partial charge in [0, 0.05) is 6.42 Å². The molecule has 0 saturated carbocycles. The minimum absolute atomic E-state index is 0.266. The van der Waals surface area contributed by atoms with Gasteiger partial charge >= 0.3 is 5.97 Å². The van der Waals surface area contributed by atoms with Crippen LogP contribution < -0.4 is 0 Å². The summed E-state index contributed by atoms with van der Waals surface area (Å²) in [4.78, 5) is 10.3. The Balaban J connectivity index is 3.25. The molecule has 0 amide bonds. The highest BCUT2D eigenvalue weighted by molar-refractivity contribution is 5.66. The lowest BCUT2D eigenvalue weighted by molar-refractivity contribution is -0.137. The summed E-state index contributed by atoms with van der Waals surface area (Å²) in [7, 11) is 0. The van der Waals surface area contributed by atoms with Crippen molar-refractivity contribution >= 4 is 5.97 Å². The standard InChI is InChI=1S/C18H34O3/c1-2-3-4-11-14-17(19)15-12-9-7-5-6-8-10-13-16-18(20)21/h12,15,17,19H,2-11,13-14,16H2,1H3,(H,20,21). The fraction of sp³-hybridized carbons (Fsp3) is 0.833. The van der Waals surface area contributed by atoms with Gasteiger partial charge in [-0.2, -0.15) is 0 Å². The Kier molecular flexibility index (Phi) is 14.9. The molecule has 0 heterocycles. The van der Waals surface area contributed by atoms with Gasteiger partial charge in [0.1, 0.15) is 0 Å². The topological polar surface area (TPSA) is 57.5 Å². The zero-order chi connectivity index (χ0) is 15.8. The number of allylic oxidation sites excluding steroid dienone is 1. The van der Waals surface area contributed by atoms with Gasteiger partial charge in [-0.1, -0.05) is 70.4 Å². The van der Waals surface area contributed by atoms with Crippen LogP contribution in [0.5, 0.6) is 0 Å². The van der Waals surface area contributed by atoms with Crippen LogP contribution in [0.4, 0.5) is 0 Å². The summed E-state index contributed by atoms with van der Waals surface area (Å²) in [6, 6.07) is 0. The van der Waals surface area contributed by atoms with Crippen molar-refractivity contribution in [3.63, 3.8) is 0 Å². The molecule has 124 valence electrons. The third kappa shape index (κ3) is 17.1. The van der Waals surface area contributed by atoms with Crippen LogP contribution in [0, 0.1) is 0 Å². The molecule has 0 aliphatic rings. The fourth-order valence-corrected chi connectivity index (χ4v) is 2.38. The third-order valence-corrected chi connectivity index (χ3v) is 3.72. The van der Waals surface area contributed by atoms with Gasteiger partial charge < -0.3 is 10.2 Å². The van der Waals surface area contributed by atoms with Crippen molar-refractivity contribution in [1.29, 1.82) is 0 Å². The molecule has 0 aliphatic heterocycles. The highest BCUT2D eigenvalue weighted by atomic mass is 16.4. The first-order chi connectivity index (χ1) is 10.2. The lowest BCUT2D eigenvalue weighted by Gasteiger charge is -2.04. The van der Waals surface area contributed by atoms with Crippen LogP contribution >= 0.6 is 0 Å². The second-order valence-electron chi connectivity index (χ2n) is 5.90. The van der Waals surface area contributed by atoms with Crippen molar-refractivity contribution in [3.05, 3.63) is 12.2 Å². The Morgan fingerprint density at radius 1 is 0.952 bits per heavy atom. The lowest BCUT2D eigenvalue weighted by Crippen LogP contribution is -2.01. The third-order valence-electron chi connectivity index (χ3n) is 3.72. The number of carbonyl (C=O) groups is 1. The number of carboxylic acid groups (broad SMARTS) is 1. The van der Waals surface area contributed by atoms with E-state index in [-0.39, 0.29) is 6.10 Å². The molecule has 0 spiro atoms. The monoisotopic (exact) mass is 298 g/mol. The normalized spacial score (nSPS) is 12.9. The molecule has 0 bridgehead atoms. The Hall–Kier alpha value is -0.830. The molecule has 3 nitrogen and oxygen atoms in total. The second-order valence-corrected chi connectivity index (χ2v) is 5.90. The Morgan fingerprint density at radius 3 is 2.24 bits per heavy atom. The molecule has 0 rings (SSSR count). The van der Waals surface area contributed by atoms with Crippen LogP contribution in [0.1, 0.15) is 90.4 Å². The Morgan fingerprint density at radius 2 is 1.57 bits per heavy atom. The summed E-state index contributed by atoms with van der Waals surface area (Å²) in [5, 5.41) is 18.3. The number of rotatable bonds is 15. The molecule has 0 aromatic heterocycles. The van der Waals surface area contributed by atoms with Crippen LogP contribution in [0.2, 0.25) is 0 Å². The highest BCUT2D eigenvalue weighted by Crippen LogP contribution is 2.10. The van der Waals surface area contributed by atoms with E-state index in [0.717, 1.165) is 44.9 Å². The first kappa shape index (κ1) is 20.2. The predicted molar refractivity (Wildman–Crippen MR) is 88.5 cm³/mol. The molecule has 1 unspecified atom stereocenters. The molecule has 0 radical (unpaired) electrons. The van der Waals surface area contributed by atoms with Crippen LogP contribution in [-0.4, -0.2) is 22.3 Å². The maximum absolute atomic E-state index is 10.3. The summed E-state index contributed by atoms with van der Waals surface area (Å²) in [5.41, 5.74) is 0. The van der Waals surface area contributed by atoms with Crippen molar-refractivity contribution in [2.24, 2.45) is 0 Å². The molecular formula is C18H34O3. The molecule has 0 aliphatic carbocycles. The van der Waals surface area contributed by atoms with Crippen molar-refractivity contribution in [3.8, 4) is 0 Å². The van der Waals surface area contributed by atoms with Crippen molar-refractivity contribution in [2.75, 3.05) is 0 Å². The molecule has 21 heavy (non-hydrogen) atoms. The van der Waals surface area contributed by atoms with E-state index in [1.54, 1.807) is 0 Å². The minimum Gasteiger partial charge on any atom is -0.481 e. The van der Waals surface area contributed by atoms with Gasteiger partial charge in [-0.15, -0.1) is 0 Å². The number of hydrogen-bond donors (Lipinski definition) is 2. The van der Waals surface area contributed by atoms with Gasteiger partial charge in [-0.25, -0.2) is 0 Å². The van der Waals surface area contributed by atoms with Gasteiger partial charge in [0.15, 0.2) is 0 Å². The smallest absolute Gasteiger partial charge is 0.303 e. The molecule has 0 saturated heterocycles. The molecule has 0 aromatic carbocycles. The van der Waals surface area contributed by atoms with Crippen LogP contribution in [0.15, 0.2) is 12.2 Å². The number of aliphatic hydroxyl groups is 1. The molecule has 1 atom stereocenters. The van der Waals surface area contributed by atoms with E-state index in [2.05, 4.69) is 13.0 Å². The van der Waals surface area contributed by atoms with Gasteiger partial charge in [0.05, 0.1) is 6.10 Å². The maximum atomic E-state index is 10.3. The average Bonchev–Trinajstić information content (AvgIpc) is 2.45. The zero-order valence-corrected chi connectivity index (χ0v) is 13.7. The summed E-state index contributed by atoms with van der Waals surface area (Å²) in [5.74, 6) is -0.687. The number of carboxylic acids is 1. The second kappa shape index (κ2) is 15.6. The first-order valence-corrected chi connectivity index (χ1v) is 8.73. The molecule has 0 aromatic rings. The quantitative estimate of drug-likeness (QED) is 0.327. The Labute approximate surface area is 130 Å². The van der Waals surface area contributed by atoms with Crippen molar-refractivity contribution in [2.45, 2.75) is 96.5 Å². The van der Waals surface area contributed by atoms with Crippen molar-refractivity contribution in [1.82, 2.24) is 0 Å². The van der Waals surface area contributed by atoms with E-state index in [1.807, 2.05) is 6.08 Å². The molecule has 0 fully saturated rings. The molecular weight excluding hydrogens is 264 g/mol. The first-order valence-electron chi connectivity index (χ1n) is 8.73. The number of unbranched alkanes of at least 4 members (excludes halogenated alkanes) is 9. The average molecular weight is 298 g/mol. The predicted octanol–water partition coefficient (Wildman–Crippen LogP) is 5.08. The van der Waals surface area contributed by atoms with Crippen LogP contribution in [-0.2, 0) is 4.79 Å². The minimum atomic E-state index is -0.687. The zero-order valence-electron chi connectivity index (χ0n) is 13.7. The van der Waals surface area contributed by atoms with E-state index >= 15 is 0 Å². The number of aliphatic carboxylic acids is 1. The van der Waals surface area contributed by atoms with Crippen LogP contribution in [0.25, 0.3) is 0 Å². The molecule has 2 N–H and O–H groups in total. The summed E-state index contributed by atoms with van der Waals surface area (Å²) in [6.45, 7) is 2.20. The summed E-state index contributed by atoms with van der Waals surface area (Å²) >= 11 is 0. The van der Waals surface area contributed by atoms with E-state index < -0.39 is 5.97 Å². The van der Waals surface area contributed by atoms with Gasteiger partial charge in [0.25, 0.3) is 0 Å². The highest BCUT2D eigenvalue weighted by Gasteiger charge is 1.98. The van der Waals surface area contributed by atoms with E-state index in [0.29, 0.717) is 6.42 Å². The Bertz CT molecular complexity index is 261. The van der Waals surface area contributed by atoms with Gasteiger partial charge in [-0.05, 0) is 25.7 Å². The van der Waals surface area contributed by atoms with E-state index in [9.17, 15) is 9.90 Å². The van der Waals surface area contributed by atoms with Crippen molar-refractivity contribution < 1.29 is 15.0 Å². The maximum Gasteiger partial charge on any atom is 0.303 e. The van der Waals surface area contributed by atoms with Gasteiger partial charge in [-0.3, -0.25) is 4.79 Å². The summed E-state index contributed by atoms with van der Waals surface area (Å²) in [6.07, 6.45) is 17.4. The fourth-order valence-electron chi connectivity index (χ4n) is 2.38. The number of aliphatic hydroxyl groups excluding tert-OH is 1. The SMILES string of the molecule is CCCCCCC(O)C=CCCCCCCCCC(=O)O. The number of hydrogen-bond acceptors (Lipinski definition) is 2. The van der Waals surface area contributed by atoms with E-state index in [1.165, 1.54) is 32.1 Å². The van der Waals surface area contributed by atoms with Crippen LogP contribution in [0.3, 0.4) is 0 Å². The lowest BCUT2D eigenvalue weighted by atomic mass is 10.1. The largest absolute Gasteiger partial charge is 0.481 e. The molecule has 3 heteroatoms. The van der Waals surface area contributed by atoms with E-state index in [4.69, 9.17) is 5.11 Å². The van der Waals surface area contributed by atoms with Gasteiger partial charge in [0.2, 0.25) is 0 Å².